The maximum absolute atomic E-state index is 11.9. The molecular weight excluding hydrogens is 378 g/mol. The van der Waals surface area contributed by atoms with Crippen LogP contribution < -0.4 is 4.90 Å². The minimum atomic E-state index is -0.436. The van der Waals surface area contributed by atoms with Gasteiger partial charge in [0.2, 0.25) is 5.91 Å². The third-order valence-electron chi connectivity index (χ3n) is 5.72. The van der Waals surface area contributed by atoms with Crippen molar-refractivity contribution in [3.63, 3.8) is 0 Å². The number of anilines is 1. The Labute approximate surface area is 167 Å². The summed E-state index contributed by atoms with van der Waals surface area (Å²) >= 11 is 6.45. The molecule has 1 amide bonds. The summed E-state index contributed by atoms with van der Waals surface area (Å²) in [5.41, 5.74) is 2.67. The van der Waals surface area contributed by atoms with Crippen LogP contribution in [0.2, 0.25) is 5.02 Å². The Hall–Kier alpha value is -2.64. The van der Waals surface area contributed by atoms with Crippen LogP contribution in [-0.4, -0.2) is 62.6 Å². The molecule has 2 atom stereocenters. The monoisotopic (exact) mass is 397 g/mol. The van der Waals surface area contributed by atoms with Crippen LogP contribution in [0, 0.1) is 0 Å². The van der Waals surface area contributed by atoms with Gasteiger partial charge in [0.1, 0.15) is 18.2 Å². The molecule has 7 nitrogen and oxygen atoms in total. The molecule has 5 rings (SSSR count). The van der Waals surface area contributed by atoms with Crippen LogP contribution in [0.4, 0.5) is 5.82 Å². The number of nitrogens with one attached hydrogen (secondary N) is 1. The number of aliphatic hydroxyl groups is 1. The topological polar surface area (TPSA) is 85.4 Å². The summed E-state index contributed by atoms with van der Waals surface area (Å²) in [6.45, 7) is 0.787. The highest BCUT2D eigenvalue weighted by molar-refractivity contribution is 6.33. The molecule has 144 valence electrons. The number of benzene rings is 1. The molecule has 2 fully saturated rings. The number of fused-ring (bicyclic) bond motifs is 3. The van der Waals surface area contributed by atoms with Crippen molar-refractivity contribution >= 4 is 34.4 Å². The van der Waals surface area contributed by atoms with Gasteiger partial charge in [-0.05, 0) is 31.0 Å². The van der Waals surface area contributed by atoms with E-state index >= 15 is 0 Å². The van der Waals surface area contributed by atoms with Gasteiger partial charge in [0, 0.05) is 36.9 Å². The zero-order valence-corrected chi connectivity index (χ0v) is 15.9. The van der Waals surface area contributed by atoms with Crippen molar-refractivity contribution in [1.29, 1.82) is 0 Å². The van der Waals surface area contributed by atoms with Crippen LogP contribution in [0.3, 0.4) is 0 Å². The normalized spacial score (nSPS) is 21.5. The number of hydrogen-bond donors (Lipinski definition) is 2. The number of H-pyrrole nitrogens is 1. The number of aromatic amines is 1. The zero-order chi connectivity index (χ0) is 19.3. The van der Waals surface area contributed by atoms with E-state index in [1.54, 1.807) is 11.1 Å². The lowest BCUT2D eigenvalue weighted by atomic mass is 10.1. The number of likely N-dealkylation sites (tertiary alicyclic amines) is 1. The number of pyridine rings is 1. The number of imidazole rings is 1. The second-order valence-corrected chi connectivity index (χ2v) is 7.78. The number of para-hydroxylation sites is 2. The van der Waals surface area contributed by atoms with Crippen LogP contribution in [0.15, 0.2) is 36.5 Å². The molecular formula is C20H20ClN5O2. The predicted molar refractivity (Wildman–Crippen MR) is 107 cm³/mol. The van der Waals surface area contributed by atoms with E-state index in [9.17, 15) is 9.90 Å². The van der Waals surface area contributed by atoms with Crippen molar-refractivity contribution in [2.75, 3.05) is 24.6 Å². The van der Waals surface area contributed by atoms with E-state index < -0.39 is 6.61 Å². The Morgan fingerprint density at radius 1 is 1.25 bits per heavy atom. The first-order chi connectivity index (χ1) is 13.6. The maximum Gasteiger partial charge on any atom is 0.248 e. The molecule has 0 saturated carbocycles. The molecule has 0 aliphatic carbocycles. The first kappa shape index (κ1) is 17.5. The summed E-state index contributed by atoms with van der Waals surface area (Å²) in [6.07, 6.45) is 3.68. The van der Waals surface area contributed by atoms with E-state index in [2.05, 4.69) is 19.9 Å². The van der Waals surface area contributed by atoms with Gasteiger partial charge in [0.05, 0.1) is 16.1 Å². The fraction of sp³-hybridized carbons (Fsp3) is 0.350. The summed E-state index contributed by atoms with van der Waals surface area (Å²) in [5.74, 6) is 1.36. The van der Waals surface area contributed by atoms with Crippen molar-refractivity contribution < 1.29 is 9.90 Å². The number of aromatic nitrogens is 3. The second kappa shape index (κ2) is 6.76. The second-order valence-electron chi connectivity index (χ2n) is 7.37. The van der Waals surface area contributed by atoms with Gasteiger partial charge >= 0.3 is 0 Å². The van der Waals surface area contributed by atoms with Crippen LogP contribution in [0.25, 0.3) is 22.4 Å². The van der Waals surface area contributed by atoms with E-state index in [-0.39, 0.29) is 18.0 Å². The molecule has 2 bridgehead atoms. The van der Waals surface area contributed by atoms with Gasteiger partial charge in [-0.2, -0.15) is 0 Å². The standard InChI is InChI=1S/C20H20ClN5O2/c21-15-8-22-18(7-14(15)20-23-16-3-1-2-4-17(16)24-20)26-12-5-6-13(26)10-25(9-12)19(28)11-27/h1-4,7-8,12-13,27H,5-6,9-11H2,(H,23,24). The predicted octanol–water partition coefficient (Wildman–Crippen LogP) is 2.45. The van der Waals surface area contributed by atoms with Gasteiger partial charge in [-0.25, -0.2) is 9.97 Å². The molecule has 0 radical (unpaired) electrons. The van der Waals surface area contributed by atoms with Gasteiger partial charge in [0.15, 0.2) is 0 Å². The lowest BCUT2D eigenvalue weighted by Crippen LogP contribution is -2.56. The molecule has 28 heavy (non-hydrogen) atoms. The quantitative estimate of drug-likeness (QED) is 0.709. The first-order valence-corrected chi connectivity index (χ1v) is 9.79. The van der Waals surface area contributed by atoms with E-state index in [1.165, 1.54) is 0 Å². The van der Waals surface area contributed by atoms with Crippen LogP contribution in [0.1, 0.15) is 12.8 Å². The van der Waals surface area contributed by atoms with E-state index in [4.69, 9.17) is 11.6 Å². The number of hydrogen-bond acceptors (Lipinski definition) is 5. The third-order valence-corrected chi connectivity index (χ3v) is 6.02. The molecule has 0 spiro atoms. The molecule has 2 saturated heterocycles. The minimum absolute atomic E-state index is 0.200. The van der Waals surface area contributed by atoms with Crippen molar-refractivity contribution in [2.24, 2.45) is 0 Å². The molecule has 2 N–H and O–H groups in total. The Morgan fingerprint density at radius 3 is 2.71 bits per heavy atom. The van der Waals surface area contributed by atoms with E-state index in [0.29, 0.717) is 18.1 Å². The Balaban J connectivity index is 1.49. The Bertz CT molecular complexity index is 1010. The molecule has 1 aromatic carbocycles. The van der Waals surface area contributed by atoms with Crippen molar-refractivity contribution in [1.82, 2.24) is 19.9 Å². The number of halogens is 1. The molecule has 2 unspecified atom stereocenters. The van der Waals surface area contributed by atoms with Crippen LogP contribution in [-0.2, 0) is 4.79 Å². The fourth-order valence-corrected chi connectivity index (χ4v) is 4.60. The first-order valence-electron chi connectivity index (χ1n) is 9.41. The largest absolute Gasteiger partial charge is 0.387 e. The number of carbonyl (C=O) groups excluding carboxylic acids is 1. The highest BCUT2D eigenvalue weighted by atomic mass is 35.5. The molecule has 2 aliphatic heterocycles. The van der Waals surface area contributed by atoms with E-state index in [0.717, 1.165) is 41.1 Å². The van der Waals surface area contributed by atoms with Crippen LogP contribution >= 0.6 is 11.6 Å². The van der Waals surface area contributed by atoms with Crippen molar-refractivity contribution in [3.8, 4) is 11.4 Å². The molecule has 2 aromatic heterocycles. The third kappa shape index (κ3) is 2.82. The lowest BCUT2D eigenvalue weighted by Gasteiger charge is -2.41. The van der Waals surface area contributed by atoms with Crippen molar-refractivity contribution in [2.45, 2.75) is 24.9 Å². The summed E-state index contributed by atoms with van der Waals surface area (Å²) in [6, 6.07) is 10.3. The Morgan fingerprint density at radius 2 is 2.00 bits per heavy atom. The van der Waals surface area contributed by atoms with Gasteiger partial charge in [-0.15, -0.1) is 0 Å². The van der Waals surface area contributed by atoms with Gasteiger partial charge in [-0.3, -0.25) is 4.79 Å². The summed E-state index contributed by atoms with van der Waals surface area (Å²) < 4.78 is 0. The zero-order valence-electron chi connectivity index (χ0n) is 15.2. The molecule has 8 heteroatoms. The maximum atomic E-state index is 11.9. The van der Waals surface area contributed by atoms with Gasteiger partial charge in [0.25, 0.3) is 0 Å². The van der Waals surface area contributed by atoms with Crippen LogP contribution in [0.5, 0.6) is 0 Å². The lowest BCUT2D eigenvalue weighted by molar-refractivity contribution is -0.135. The number of piperazine rings is 1. The number of nitrogens with zero attached hydrogens (tertiary/aromatic N) is 4. The van der Waals surface area contributed by atoms with Gasteiger partial charge < -0.3 is 19.9 Å². The average molecular weight is 398 g/mol. The fourth-order valence-electron chi connectivity index (χ4n) is 4.41. The highest BCUT2D eigenvalue weighted by Crippen LogP contribution is 2.37. The number of amides is 1. The Kier molecular flexibility index (Phi) is 4.21. The molecule has 4 heterocycles. The molecule has 3 aromatic rings. The summed E-state index contributed by atoms with van der Waals surface area (Å²) in [4.78, 5) is 28.5. The molecule has 2 aliphatic rings. The number of aliphatic hydroxyl groups excluding tert-OH is 1. The van der Waals surface area contributed by atoms with E-state index in [1.807, 2.05) is 30.3 Å². The SMILES string of the molecule is O=C(CO)N1CC2CCC(C1)N2c1cc(-c2nc3ccccc3[nH]2)c(Cl)cn1. The smallest absolute Gasteiger partial charge is 0.248 e. The number of carbonyl (C=O) groups is 1. The highest BCUT2D eigenvalue weighted by Gasteiger charge is 2.42. The van der Waals surface area contributed by atoms with Crippen molar-refractivity contribution in [3.05, 3.63) is 41.6 Å². The summed E-state index contributed by atoms with van der Waals surface area (Å²) in [7, 11) is 0. The van der Waals surface area contributed by atoms with Gasteiger partial charge in [-0.1, -0.05) is 23.7 Å². The summed E-state index contributed by atoms with van der Waals surface area (Å²) in [5, 5.41) is 9.72. The minimum Gasteiger partial charge on any atom is -0.387 e. The number of rotatable bonds is 3. The average Bonchev–Trinajstić information content (AvgIpc) is 3.25.